The van der Waals surface area contributed by atoms with Crippen LogP contribution in [0.25, 0.3) is 11.1 Å². The normalized spacial score (nSPS) is 10.5. The van der Waals surface area contributed by atoms with Crippen molar-refractivity contribution in [2.24, 2.45) is 7.05 Å². The van der Waals surface area contributed by atoms with Crippen LogP contribution in [0.15, 0.2) is 30.5 Å². The average Bonchev–Trinajstić information content (AvgIpc) is 2.72. The molecule has 0 aliphatic carbocycles. The van der Waals surface area contributed by atoms with Gasteiger partial charge in [0.05, 0.1) is 17.3 Å². The monoisotopic (exact) mass is 225 g/mol. The summed E-state index contributed by atoms with van der Waals surface area (Å²) in [6.07, 6.45) is 2.01. The standard InChI is InChI=1S/C14H15N3/c1-10(2)14-13(9-17(3)16-14)12-6-4-5-11(7-12)8-15/h4-7,9-10H,1-3H3. The number of hydrogen-bond acceptors (Lipinski definition) is 2. The molecule has 0 atom stereocenters. The predicted molar refractivity (Wildman–Crippen MR) is 67.4 cm³/mol. The fourth-order valence-electron chi connectivity index (χ4n) is 1.91. The molecule has 0 amide bonds. The smallest absolute Gasteiger partial charge is 0.0991 e. The second kappa shape index (κ2) is 4.42. The van der Waals surface area contributed by atoms with E-state index in [0.717, 1.165) is 16.8 Å². The molecule has 17 heavy (non-hydrogen) atoms. The Kier molecular flexibility index (Phi) is 2.97. The highest BCUT2D eigenvalue weighted by atomic mass is 15.3. The molecule has 0 spiro atoms. The molecule has 0 unspecified atom stereocenters. The summed E-state index contributed by atoms with van der Waals surface area (Å²) in [5.74, 6) is 0.372. The van der Waals surface area contributed by atoms with Gasteiger partial charge >= 0.3 is 0 Å². The molecule has 0 aliphatic heterocycles. The van der Waals surface area contributed by atoms with Gasteiger partial charge in [-0.1, -0.05) is 26.0 Å². The van der Waals surface area contributed by atoms with E-state index in [1.54, 1.807) is 0 Å². The molecule has 86 valence electrons. The lowest BCUT2D eigenvalue weighted by molar-refractivity contribution is 0.713. The first kappa shape index (κ1) is 11.4. The summed E-state index contributed by atoms with van der Waals surface area (Å²) in [4.78, 5) is 0. The zero-order valence-electron chi connectivity index (χ0n) is 10.3. The van der Waals surface area contributed by atoms with E-state index in [9.17, 15) is 0 Å². The van der Waals surface area contributed by atoms with Gasteiger partial charge in [-0.25, -0.2) is 0 Å². The molecule has 0 radical (unpaired) electrons. The highest BCUT2D eigenvalue weighted by Crippen LogP contribution is 2.28. The van der Waals surface area contributed by atoms with Crippen molar-refractivity contribution >= 4 is 0 Å². The Bertz CT molecular complexity index is 573. The van der Waals surface area contributed by atoms with E-state index in [1.807, 2.05) is 42.2 Å². The quantitative estimate of drug-likeness (QED) is 0.788. The first-order valence-electron chi connectivity index (χ1n) is 5.66. The second-order valence-electron chi connectivity index (χ2n) is 4.45. The summed E-state index contributed by atoms with van der Waals surface area (Å²) in [5.41, 5.74) is 3.92. The number of nitrogens with zero attached hydrogens (tertiary/aromatic N) is 3. The Labute approximate surface area is 101 Å². The van der Waals surface area contributed by atoms with Crippen LogP contribution in [0, 0.1) is 11.3 Å². The molecule has 2 aromatic rings. The van der Waals surface area contributed by atoms with Crippen LogP contribution in [0.2, 0.25) is 0 Å². The Morgan fingerprint density at radius 2 is 2.12 bits per heavy atom. The van der Waals surface area contributed by atoms with E-state index in [-0.39, 0.29) is 0 Å². The Hall–Kier alpha value is -2.08. The van der Waals surface area contributed by atoms with E-state index in [4.69, 9.17) is 5.26 Å². The van der Waals surface area contributed by atoms with Crippen LogP contribution in [-0.2, 0) is 7.05 Å². The number of rotatable bonds is 2. The Morgan fingerprint density at radius 3 is 2.76 bits per heavy atom. The van der Waals surface area contributed by atoms with Crippen LogP contribution < -0.4 is 0 Å². The molecular formula is C14H15N3. The van der Waals surface area contributed by atoms with Gasteiger partial charge < -0.3 is 0 Å². The minimum Gasteiger partial charge on any atom is -0.275 e. The summed E-state index contributed by atoms with van der Waals surface area (Å²) in [7, 11) is 1.92. The van der Waals surface area contributed by atoms with Crippen LogP contribution in [0.1, 0.15) is 31.0 Å². The molecule has 0 aliphatic rings. The summed E-state index contributed by atoms with van der Waals surface area (Å²) < 4.78 is 1.82. The van der Waals surface area contributed by atoms with Crippen molar-refractivity contribution in [3.8, 4) is 17.2 Å². The maximum absolute atomic E-state index is 8.92. The lowest BCUT2D eigenvalue weighted by Gasteiger charge is -2.05. The summed E-state index contributed by atoms with van der Waals surface area (Å²) in [6.45, 7) is 4.25. The maximum Gasteiger partial charge on any atom is 0.0991 e. The SMILES string of the molecule is CC(C)c1nn(C)cc1-c1cccc(C#N)c1. The van der Waals surface area contributed by atoms with Crippen molar-refractivity contribution in [3.63, 3.8) is 0 Å². The van der Waals surface area contributed by atoms with E-state index in [2.05, 4.69) is 25.0 Å². The minimum absolute atomic E-state index is 0.372. The van der Waals surface area contributed by atoms with Crippen LogP contribution in [-0.4, -0.2) is 9.78 Å². The molecule has 0 N–H and O–H groups in total. The molecule has 1 heterocycles. The van der Waals surface area contributed by atoms with E-state index >= 15 is 0 Å². The largest absolute Gasteiger partial charge is 0.275 e. The van der Waals surface area contributed by atoms with Gasteiger partial charge in [-0.2, -0.15) is 10.4 Å². The topological polar surface area (TPSA) is 41.6 Å². The molecule has 0 bridgehead atoms. The highest BCUT2D eigenvalue weighted by Gasteiger charge is 2.13. The van der Waals surface area contributed by atoms with E-state index in [1.165, 1.54) is 0 Å². The first-order chi connectivity index (χ1) is 8.11. The second-order valence-corrected chi connectivity index (χ2v) is 4.45. The average molecular weight is 225 g/mol. The van der Waals surface area contributed by atoms with Crippen molar-refractivity contribution in [2.75, 3.05) is 0 Å². The van der Waals surface area contributed by atoms with Crippen molar-refractivity contribution in [1.29, 1.82) is 5.26 Å². The zero-order chi connectivity index (χ0) is 12.4. The molecular weight excluding hydrogens is 210 g/mol. The zero-order valence-corrected chi connectivity index (χ0v) is 10.3. The van der Waals surface area contributed by atoms with Crippen molar-refractivity contribution in [1.82, 2.24) is 9.78 Å². The molecule has 1 aromatic carbocycles. The number of nitriles is 1. The lowest BCUT2D eigenvalue weighted by Crippen LogP contribution is -1.93. The highest BCUT2D eigenvalue weighted by molar-refractivity contribution is 5.67. The van der Waals surface area contributed by atoms with Crippen molar-refractivity contribution in [3.05, 3.63) is 41.7 Å². The molecule has 0 saturated carbocycles. The first-order valence-corrected chi connectivity index (χ1v) is 5.66. The van der Waals surface area contributed by atoms with Gasteiger partial charge in [0.25, 0.3) is 0 Å². The van der Waals surface area contributed by atoms with Crippen LogP contribution in [0.5, 0.6) is 0 Å². The molecule has 1 aromatic heterocycles. The minimum atomic E-state index is 0.372. The summed E-state index contributed by atoms with van der Waals surface area (Å²) in [6, 6.07) is 9.81. The third-order valence-corrected chi connectivity index (χ3v) is 2.71. The molecule has 3 nitrogen and oxygen atoms in total. The Balaban J connectivity index is 2.56. The summed E-state index contributed by atoms with van der Waals surface area (Å²) in [5, 5.41) is 13.4. The lowest BCUT2D eigenvalue weighted by atomic mass is 9.99. The van der Waals surface area contributed by atoms with Crippen molar-refractivity contribution < 1.29 is 0 Å². The van der Waals surface area contributed by atoms with E-state index in [0.29, 0.717) is 11.5 Å². The maximum atomic E-state index is 8.92. The van der Waals surface area contributed by atoms with Gasteiger partial charge in [0, 0.05) is 18.8 Å². The Morgan fingerprint density at radius 1 is 1.35 bits per heavy atom. The molecule has 0 fully saturated rings. The van der Waals surface area contributed by atoms with Gasteiger partial charge in [0.1, 0.15) is 0 Å². The third kappa shape index (κ3) is 2.21. The number of benzene rings is 1. The van der Waals surface area contributed by atoms with Gasteiger partial charge in [0.15, 0.2) is 0 Å². The molecule has 0 saturated heterocycles. The third-order valence-electron chi connectivity index (χ3n) is 2.71. The van der Waals surface area contributed by atoms with Crippen LogP contribution in [0.3, 0.4) is 0 Å². The van der Waals surface area contributed by atoms with E-state index < -0.39 is 0 Å². The van der Waals surface area contributed by atoms with Gasteiger partial charge in [-0.3, -0.25) is 4.68 Å². The summed E-state index contributed by atoms with van der Waals surface area (Å²) >= 11 is 0. The van der Waals surface area contributed by atoms with Crippen LogP contribution >= 0.6 is 0 Å². The molecule has 3 heteroatoms. The van der Waals surface area contributed by atoms with Crippen molar-refractivity contribution in [2.45, 2.75) is 19.8 Å². The number of hydrogen-bond donors (Lipinski definition) is 0. The predicted octanol–water partition coefficient (Wildman–Crippen LogP) is 3.08. The van der Waals surface area contributed by atoms with Gasteiger partial charge in [-0.15, -0.1) is 0 Å². The fourth-order valence-corrected chi connectivity index (χ4v) is 1.91. The fraction of sp³-hybridized carbons (Fsp3) is 0.286. The van der Waals surface area contributed by atoms with Crippen LogP contribution in [0.4, 0.5) is 0 Å². The molecule has 2 rings (SSSR count). The number of aromatic nitrogens is 2. The number of aryl methyl sites for hydroxylation is 1. The van der Waals surface area contributed by atoms with Gasteiger partial charge in [-0.05, 0) is 23.6 Å². The van der Waals surface area contributed by atoms with Gasteiger partial charge in [0.2, 0.25) is 0 Å².